The van der Waals surface area contributed by atoms with Crippen molar-refractivity contribution >= 4 is 22.9 Å². The minimum Gasteiger partial charge on any atom is -0.494 e. The highest BCUT2D eigenvalue weighted by atomic mass is 32.1. The van der Waals surface area contributed by atoms with E-state index in [1.54, 1.807) is 11.3 Å². The van der Waals surface area contributed by atoms with Crippen LogP contribution in [-0.2, 0) is 16.1 Å². The summed E-state index contributed by atoms with van der Waals surface area (Å²) in [5.41, 5.74) is 0.797. The van der Waals surface area contributed by atoms with Gasteiger partial charge in [-0.15, -0.1) is 11.3 Å². The summed E-state index contributed by atoms with van der Waals surface area (Å²) in [4.78, 5) is 15.1. The molecule has 0 saturated carbocycles. The average Bonchev–Trinajstić information content (AvgIpc) is 3.31. The fraction of sp³-hybridized carbons (Fsp3) is 0.450. The van der Waals surface area contributed by atoms with E-state index in [9.17, 15) is 4.79 Å². The average molecular weight is 376 g/mol. The van der Waals surface area contributed by atoms with E-state index < -0.39 is 0 Å². The topological polar surface area (TPSA) is 52.0 Å². The molecule has 1 amide bonds. The van der Waals surface area contributed by atoms with Gasteiger partial charge in [-0.3, -0.25) is 4.79 Å². The van der Waals surface area contributed by atoms with Gasteiger partial charge in [-0.2, -0.15) is 0 Å². The van der Waals surface area contributed by atoms with E-state index in [0.29, 0.717) is 13.2 Å². The van der Waals surface area contributed by atoms with Crippen LogP contribution in [0.4, 0.5) is 5.69 Å². The van der Waals surface area contributed by atoms with Gasteiger partial charge >= 0.3 is 0 Å². The summed E-state index contributed by atoms with van der Waals surface area (Å²) in [6, 6.07) is 11.7. The van der Waals surface area contributed by atoms with E-state index in [0.717, 1.165) is 44.0 Å². The molecule has 2 heterocycles. The standard InChI is InChI=1S/C20H26N2O3S/c1-2-24-17-9-7-16(8-10-17)21-20(23)15-22(13-18-5-3-11-25-18)14-19-6-4-12-26-19/h4,6-10,12,18H,2-3,5,11,13-15H2,1H3,(H,21,23)/p+1/t18-/m0/s1. The lowest BCUT2D eigenvalue weighted by Crippen LogP contribution is -3.12. The van der Waals surface area contributed by atoms with Crippen molar-refractivity contribution in [2.24, 2.45) is 0 Å². The summed E-state index contributed by atoms with van der Waals surface area (Å²) < 4.78 is 11.2. The van der Waals surface area contributed by atoms with Gasteiger partial charge in [0.2, 0.25) is 0 Å². The first-order chi connectivity index (χ1) is 12.7. The highest BCUT2D eigenvalue weighted by molar-refractivity contribution is 7.09. The molecule has 1 aliphatic rings. The van der Waals surface area contributed by atoms with Crippen LogP contribution >= 0.6 is 11.3 Å². The Bertz CT molecular complexity index is 667. The van der Waals surface area contributed by atoms with Crippen LogP contribution in [0.25, 0.3) is 0 Å². The number of nitrogens with one attached hydrogen (secondary N) is 2. The summed E-state index contributed by atoms with van der Waals surface area (Å²) in [5, 5.41) is 5.08. The molecule has 2 N–H and O–H groups in total. The second kappa shape index (κ2) is 9.71. The fourth-order valence-corrected chi connectivity index (χ4v) is 4.00. The maximum atomic E-state index is 12.5. The highest BCUT2D eigenvalue weighted by Gasteiger charge is 2.24. The van der Waals surface area contributed by atoms with E-state index in [2.05, 4.69) is 22.8 Å². The van der Waals surface area contributed by atoms with Crippen molar-refractivity contribution in [2.75, 3.05) is 31.6 Å². The number of rotatable bonds is 9. The number of hydrogen-bond acceptors (Lipinski definition) is 4. The zero-order chi connectivity index (χ0) is 18.2. The van der Waals surface area contributed by atoms with E-state index in [1.165, 1.54) is 9.78 Å². The van der Waals surface area contributed by atoms with Gasteiger partial charge in [0, 0.05) is 12.3 Å². The minimum absolute atomic E-state index is 0.0266. The molecule has 6 heteroatoms. The number of benzene rings is 1. The molecule has 26 heavy (non-hydrogen) atoms. The number of anilines is 1. The molecular weight excluding hydrogens is 348 g/mol. The number of amides is 1. The molecule has 2 atom stereocenters. The normalized spacial score (nSPS) is 17.8. The molecule has 3 rings (SSSR count). The Hall–Kier alpha value is -1.89. The molecule has 1 unspecified atom stereocenters. The number of thiophene rings is 1. The summed E-state index contributed by atoms with van der Waals surface area (Å²) in [7, 11) is 0. The van der Waals surface area contributed by atoms with Gasteiger partial charge in [-0.05, 0) is 55.5 Å². The molecule has 1 saturated heterocycles. The van der Waals surface area contributed by atoms with Gasteiger partial charge in [-0.25, -0.2) is 0 Å². The minimum atomic E-state index is 0.0266. The molecule has 1 aromatic carbocycles. The number of quaternary nitrogens is 1. The first-order valence-corrected chi connectivity index (χ1v) is 10.1. The fourth-order valence-electron chi connectivity index (χ4n) is 3.23. The summed E-state index contributed by atoms with van der Waals surface area (Å²) in [6.07, 6.45) is 2.48. The Morgan fingerprint density at radius 3 is 2.85 bits per heavy atom. The SMILES string of the molecule is CCOc1ccc(NC(=O)C[NH+](Cc2cccs2)C[C@@H]2CCCO2)cc1. The summed E-state index contributed by atoms with van der Waals surface area (Å²) in [6.45, 7) is 5.59. The molecule has 1 fully saturated rings. The van der Waals surface area contributed by atoms with Gasteiger partial charge in [0.25, 0.3) is 5.91 Å². The lowest BCUT2D eigenvalue weighted by atomic mass is 10.2. The van der Waals surface area contributed by atoms with Crippen LogP contribution in [0.3, 0.4) is 0 Å². The second-order valence-electron chi connectivity index (χ2n) is 6.53. The highest BCUT2D eigenvalue weighted by Crippen LogP contribution is 2.15. The molecular formula is C20H27N2O3S+. The van der Waals surface area contributed by atoms with Crippen LogP contribution in [0.15, 0.2) is 41.8 Å². The third-order valence-electron chi connectivity index (χ3n) is 4.40. The van der Waals surface area contributed by atoms with Crippen molar-refractivity contribution in [3.05, 3.63) is 46.7 Å². The van der Waals surface area contributed by atoms with Gasteiger partial charge < -0.3 is 19.7 Å². The molecule has 0 aliphatic carbocycles. The van der Waals surface area contributed by atoms with Gasteiger partial charge in [0.1, 0.15) is 24.9 Å². The predicted octanol–water partition coefficient (Wildman–Crippen LogP) is 2.35. The molecule has 140 valence electrons. The van der Waals surface area contributed by atoms with Crippen molar-refractivity contribution < 1.29 is 19.2 Å². The van der Waals surface area contributed by atoms with Crippen LogP contribution in [0, 0.1) is 0 Å². The molecule has 0 bridgehead atoms. The number of hydrogen-bond donors (Lipinski definition) is 2. The first-order valence-electron chi connectivity index (χ1n) is 9.23. The van der Waals surface area contributed by atoms with Crippen LogP contribution in [-0.4, -0.2) is 38.3 Å². The second-order valence-corrected chi connectivity index (χ2v) is 7.56. The van der Waals surface area contributed by atoms with E-state index in [1.807, 2.05) is 31.2 Å². The Morgan fingerprint density at radius 2 is 2.19 bits per heavy atom. The molecule has 2 aromatic rings. The molecule has 1 aliphatic heterocycles. The van der Waals surface area contributed by atoms with Gasteiger partial charge in [0.05, 0.1) is 11.5 Å². The number of ether oxygens (including phenoxy) is 2. The number of carbonyl (C=O) groups excluding carboxylic acids is 1. The summed E-state index contributed by atoms with van der Waals surface area (Å²) in [5.74, 6) is 0.840. The zero-order valence-corrected chi connectivity index (χ0v) is 16.0. The van der Waals surface area contributed by atoms with Crippen LogP contribution in [0.1, 0.15) is 24.6 Å². The predicted molar refractivity (Wildman–Crippen MR) is 104 cm³/mol. The number of carbonyl (C=O) groups is 1. The van der Waals surface area contributed by atoms with Crippen LogP contribution < -0.4 is 15.0 Å². The maximum absolute atomic E-state index is 12.5. The Balaban J connectivity index is 1.56. The molecule has 0 spiro atoms. The first kappa shape index (κ1) is 18.9. The monoisotopic (exact) mass is 375 g/mol. The smallest absolute Gasteiger partial charge is 0.279 e. The maximum Gasteiger partial charge on any atom is 0.279 e. The van der Waals surface area contributed by atoms with E-state index in [4.69, 9.17) is 9.47 Å². The van der Waals surface area contributed by atoms with Crippen molar-refractivity contribution in [3.8, 4) is 5.75 Å². The quantitative estimate of drug-likeness (QED) is 0.707. The lowest BCUT2D eigenvalue weighted by Gasteiger charge is -2.21. The molecule has 1 aromatic heterocycles. The Kier molecular flexibility index (Phi) is 7.05. The Labute approximate surface area is 158 Å². The van der Waals surface area contributed by atoms with Crippen LogP contribution in [0.5, 0.6) is 5.75 Å². The van der Waals surface area contributed by atoms with Crippen LogP contribution in [0.2, 0.25) is 0 Å². The van der Waals surface area contributed by atoms with Gasteiger partial charge in [-0.1, -0.05) is 6.07 Å². The van der Waals surface area contributed by atoms with E-state index >= 15 is 0 Å². The van der Waals surface area contributed by atoms with E-state index in [-0.39, 0.29) is 12.0 Å². The third-order valence-corrected chi connectivity index (χ3v) is 5.28. The Morgan fingerprint density at radius 1 is 1.35 bits per heavy atom. The van der Waals surface area contributed by atoms with Crippen molar-refractivity contribution in [1.29, 1.82) is 0 Å². The van der Waals surface area contributed by atoms with Crippen molar-refractivity contribution in [1.82, 2.24) is 0 Å². The van der Waals surface area contributed by atoms with Gasteiger partial charge in [0.15, 0.2) is 6.54 Å². The molecule has 5 nitrogen and oxygen atoms in total. The summed E-state index contributed by atoms with van der Waals surface area (Å²) >= 11 is 1.74. The largest absolute Gasteiger partial charge is 0.494 e. The van der Waals surface area contributed by atoms with Crippen molar-refractivity contribution in [3.63, 3.8) is 0 Å². The zero-order valence-electron chi connectivity index (χ0n) is 15.2. The van der Waals surface area contributed by atoms with Crippen molar-refractivity contribution in [2.45, 2.75) is 32.4 Å². The third kappa shape index (κ3) is 5.83. The lowest BCUT2D eigenvalue weighted by molar-refractivity contribution is -0.908. The molecule has 0 radical (unpaired) electrons.